The molecule has 9 nitrogen and oxygen atoms in total. The quantitative estimate of drug-likeness (QED) is 0.662. The van der Waals surface area contributed by atoms with Crippen molar-refractivity contribution in [3.8, 4) is 0 Å². The van der Waals surface area contributed by atoms with E-state index in [0.29, 0.717) is 54.3 Å². The molecule has 0 unspecified atom stereocenters. The van der Waals surface area contributed by atoms with Gasteiger partial charge in [-0.05, 0) is 49.9 Å². The second-order valence-corrected chi connectivity index (χ2v) is 8.32. The minimum Gasteiger partial charge on any atom is -0.332 e. The maximum Gasteiger partial charge on any atom is 0.273 e. The zero-order chi connectivity index (χ0) is 22.8. The van der Waals surface area contributed by atoms with Gasteiger partial charge < -0.3 is 14.8 Å². The molecule has 1 fully saturated rings. The summed E-state index contributed by atoms with van der Waals surface area (Å²) in [5, 5.41) is 0. The van der Waals surface area contributed by atoms with E-state index in [2.05, 4.69) is 15.0 Å². The highest BCUT2D eigenvalue weighted by Gasteiger charge is 2.33. The van der Waals surface area contributed by atoms with Crippen LogP contribution in [0.1, 0.15) is 63.2 Å². The van der Waals surface area contributed by atoms with Crippen LogP contribution in [-0.4, -0.2) is 54.6 Å². The summed E-state index contributed by atoms with van der Waals surface area (Å²) >= 11 is 0. The average Bonchev–Trinajstić information content (AvgIpc) is 2.88. The predicted octanol–water partition coefficient (Wildman–Crippen LogP) is 2.13. The number of carbonyl (C=O) groups is 2. The van der Waals surface area contributed by atoms with Gasteiger partial charge in [-0.25, -0.2) is 4.98 Å². The third-order valence-electron chi connectivity index (χ3n) is 6.25. The first-order chi connectivity index (χ1) is 16.1. The van der Waals surface area contributed by atoms with Crippen LogP contribution in [0.5, 0.6) is 0 Å². The normalized spacial score (nSPS) is 18.0. The van der Waals surface area contributed by atoms with Crippen LogP contribution in [0.4, 0.5) is 0 Å². The fourth-order valence-electron chi connectivity index (χ4n) is 4.56. The molecule has 33 heavy (non-hydrogen) atoms. The number of nitrogens with one attached hydrogen (secondary N) is 1. The summed E-state index contributed by atoms with van der Waals surface area (Å²) in [4.78, 5) is 58.3. The Bertz CT molecular complexity index is 1230. The number of amides is 2. The first-order valence-corrected chi connectivity index (χ1v) is 11.1. The van der Waals surface area contributed by atoms with Crippen LogP contribution in [0, 0.1) is 0 Å². The third-order valence-corrected chi connectivity index (χ3v) is 6.25. The van der Waals surface area contributed by atoms with Crippen molar-refractivity contribution in [2.24, 2.45) is 0 Å². The standard InChI is InChI=1S/C24H24N6O3/c31-22-17-9-13-29(23(32)16-6-5-10-25-14-16)15-19(17)27-21(28-22)20-8-2-4-12-30(20)24(33)18-7-1-3-11-26-18/h1,3,5-7,10-11,14,20H,2,4,8-9,12-13,15H2,(H,27,28,31)/t20-/m0/s1. The van der Waals surface area contributed by atoms with Gasteiger partial charge in [0, 0.05) is 37.2 Å². The monoisotopic (exact) mass is 444 g/mol. The summed E-state index contributed by atoms with van der Waals surface area (Å²) in [5.41, 5.74) is 1.88. The van der Waals surface area contributed by atoms with Crippen LogP contribution in [0.15, 0.2) is 53.7 Å². The van der Waals surface area contributed by atoms with Gasteiger partial charge in [0.25, 0.3) is 17.4 Å². The molecule has 5 rings (SSSR count). The van der Waals surface area contributed by atoms with E-state index in [-0.39, 0.29) is 30.0 Å². The van der Waals surface area contributed by atoms with Gasteiger partial charge in [-0.15, -0.1) is 0 Å². The molecule has 0 bridgehead atoms. The van der Waals surface area contributed by atoms with Gasteiger partial charge in [0.05, 0.1) is 23.8 Å². The lowest BCUT2D eigenvalue weighted by Gasteiger charge is -2.35. The number of hydrogen-bond donors (Lipinski definition) is 1. The highest BCUT2D eigenvalue weighted by atomic mass is 16.2. The van der Waals surface area contributed by atoms with E-state index in [4.69, 9.17) is 4.98 Å². The Balaban J connectivity index is 1.44. The van der Waals surface area contributed by atoms with Crippen molar-refractivity contribution in [1.29, 1.82) is 0 Å². The second-order valence-electron chi connectivity index (χ2n) is 8.32. The van der Waals surface area contributed by atoms with E-state index in [0.717, 1.165) is 12.8 Å². The van der Waals surface area contributed by atoms with Crippen LogP contribution in [0.3, 0.4) is 0 Å². The number of carbonyl (C=O) groups excluding carboxylic acids is 2. The molecule has 0 aromatic carbocycles. The minimum atomic E-state index is -0.337. The van der Waals surface area contributed by atoms with Gasteiger partial charge in [0.1, 0.15) is 11.5 Å². The highest BCUT2D eigenvalue weighted by molar-refractivity contribution is 5.94. The molecule has 2 aliphatic rings. The van der Waals surface area contributed by atoms with Gasteiger partial charge >= 0.3 is 0 Å². The smallest absolute Gasteiger partial charge is 0.273 e. The summed E-state index contributed by atoms with van der Waals surface area (Å²) in [6.45, 7) is 1.27. The van der Waals surface area contributed by atoms with Crippen LogP contribution in [0.25, 0.3) is 0 Å². The molecule has 1 saturated heterocycles. The number of rotatable bonds is 3. The Labute approximate surface area is 190 Å². The molecule has 0 spiro atoms. The molecule has 1 N–H and O–H groups in total. The number of fused-ring (bicyclic) bond motifs is 1. The topological polar surface area (TPSA) is 112 Å². The van der Waals surface area contributed by atoms with Gasteiger partial charge in [-0.2, -0.15) is 0 Å². The highest BCUT2D eigenvalue weighted by Crippen LogP contribution is 2.30. The zero-order valence-electron chi connectivity index (χ0n) is 18.1. The average molecular weight is 444 g/mol. The number of hydrogen-bond acceptors (Lipinski definition) is 6. The molecule has 0 aliphatic carbocycles. The number of aromatic amines is 1. The molecule has 0 saturated carbocycles. The largest absolute Gasteiger partial charge is 0.332 e. The van der Waals surface area contributed by atoms with Crippen molar-refractivity contribution < 1.29 is 9.59 Å². The lowest BCUT2D eigenvalue weighted by Crippen LogP contribution is -2.42. The van der Waals surface area contributed by atoms with Crippen molar-refractivity contribution in [3.63, 3.8) is 0 Å². The van der Waals surface area contributed by atoms with Crippen molar-refractivity contribution in [3.05, 3.63) is 87.6 Å². The molecule has 3 aromatic rings. The number of aromatic nitrogens is 4. The molecule has 3 aromatic heterocycles. The van der Waals surface area contributed by atoms with Gasteiger partial charge in [-0.1, -0.05) is 6.07 Å². The first-order valence-electron chi connectivity index (χ1n) is 11.1. The van der Waals surface area contributed by atoms with E-state index >= 15 is 0 Å². The fourth-order valence-corrected chi connectivity index (χ4v) is 4.56. The lowest BCUT2D eigenvalue weighted by atomic mass is 9.99. The van der Waals surface area contributed by atoms with Crippen molar-refractivity contribution in [1.82, 2.24) is 29.7 Å². The van der Waals surface area contributed by atoms with Gasteiger partial charge in [-0.3, -0.25) is 24.4 Å². The van der Waals surface area contributed by atoms with Crippen molar-refractivity contribution in [2.75, 3.05) is 13.1 Å². The summed E-state index contributed by atoms with van der Waals surface area (Å²) < 4.78 is 0. The Hall–Kier alpha value is -3.88. The van der Waals surface area contributed by atoms with Crippen molar-refractivity contribution >= 4 is 11.8 Å². The molecule has 5 heterocycles. The van der Waals surface area contributed by atoms with E-state index in [1.807, 2.05) is 0 Å². The maximum absolute atomic E-state index is 13.1. The SMILES string of the molecule is O=C(c1cccnc1)N1CCc2c(nc([C@@H]3CCCCN3C(=O)c3ccccn3)[nH]c2=O)C1. The van der Waals surface area contributed by atoms with E-state index < -0.39 is 0 Å². The Kier molecular flexibility index (Phi) is 5.68. The lowest BCUT2D eigenvalue weighted by molar-refractivity contribution is 0.0592. The number of likely N-dealkylation sites (tertiary alicyclic amines) is 1. The molecule has 168 valence electrons. The molecule has 9 heteroatoms. The fraction of sp³-hybridized carbons (Fsp3) is 0.333. The summed E-state index contributed by atoms with van der Waals surface area (Å²) in [7, 11) is 0. The molecular formula is C24H24N6O3. The van der Waals surface area contributed by atoms with Gasteiger partial charge in [0.15, 0.2) is 0 Å². The third kappa shape index (κ3) is 4.13. The summed E-state index contributed by atoms with van der Waals surface area (Å²) in [5.74, 6) is 0.162. The summed E-state index contributed by atoms with van der Waals surface area (Å²) in [6, 6.07) is 8.36. The Morgan fingerprint density at radius 2 is 1.94 bits per heavy atom. The Morgan fingerprint density at radius 1 is 1.03 bits per heavy atom. The number of piperidine rings is 1. The minimum absolute atomic E-state index is 0.137. The molecule has 1 atom stereocenters. The molecule has 2 aliphatic heterocycles. The number of nitrogens with zero attached hydrogens (tertiary/aromatic N) is 5. The van der Waals surface area contributed by atoms with Crippen LogP contribution < -0.4 is 5.56 Å². The summed E-state index contributed by atoms with van der Waals surface area (Å²) in [6.07, 6.45) is 7.72. The maximum atomic E-state index is 13.1. The molecule has 2 amide bonds. The van der Waals surface area contributed by atoms with Crippen molar-refractivity contribution in [2.45, 2.75) is 38.3 Å². The van der Waals surface area contributed by atoms with E-state index in [1.54, 1.807) is 52.5 Å². The van der Waals surface area contributed by atoms with E-state index in [1.165, 1.54) is 6.20 Å². The van der Waals surface area contributed by atoms with E-state index in [9.17, 15) is 14.4 Å². The number of H-pyrrole nitrogens is 1. The first kappa shape index (κ1) is 21.0. The van der Waals surface area contributed by atoms with Crippen LogP contribution >= 0.6 is 0 Å². The van der Waals surface area contributed by atoms with Gasteiger partial charge in [0.2, 0.25) is 0 Å². The second kappa shape index (κ2) is 8.93. The van der Waals surface area contributed by atoms with Crippen LogP contribution in [0.2, 0.25) is 0 Å². The zero-order valence-corrected chi connectivity index (χ0v) is 18.1. The molecule has 0 radical (unpaired) electrons. The number of pyridine rings is 2. The Morgan fingerprint density at radius 3 is 2.73 bits per heavy atom. The predicted molar refractivity (Wildman–Crippen MR) is 119 cm³/mol. The van der Waals surface area contributed by atoms with Crippen LogP contribution in [-0.2, 0) is 13.0 Å². The molecular weight excluding hydrogens is 420 g/mol.